The summed E-state index contributed by atoms with van der Waals surface area (Å²) >= 11 is 0. The highest BCUT2D eigenvalue weighted by Crippen LogP contribution is 2.18. The van der Waals surface area contributed by atoms with Gasteiger partial charge in [0.05, 0.1) is 6.20 Å². The van der Waals surface area contributed by atoms with Gasteiger partial charge in [0.25, 0.3) is 0 Å². The number of aliphatic hydroxyl groups is 1. The topological polar surface area (TPSA) is 74.2 Å². The molecule has 1 aromatic carbocycles. The first kappa shape index (κ1) is 15.9. The van der Waals surface area contributed by atoms with E-state index in [2.05, 4.69) is 15.6 Å². The molecule has 1 heterocycles. The van der Waals surface area contributed by atoms with Crippen LogP contribution in [0.1, 0.15) is 17.9 Å². The predicted molar refractivity (Wildman–Crippen MR) is 82.1 cm³/mol. The molecule has 0 spiro atoms. The Morgan fingerprint density at radius 1 is 1.23 bits per heavy atom. The molecule has 2 amide bonds. The molecule has 0 saturated carbocycles. The lowest BCUT2D eigenvalue weighted by Gasteiger charge is -2.17. The second-order valence-corrected chi connectivity index (χ2v) is 4.82. The molecule has 0 fully saturated rings. The summed E-state index contributed by atoms with van der Waals surface area (Å²) in [6, 6.07) is 11.9. The molecule has 5 nitrogen and oxygen atoms in total. The Bertz CT molecular complexity index is 590. The Kier molecular flexibility index (Phi) is 5.85. The molecule has 2 rings (SSSR count). The van der Waals surface area contributed by atoms with Gasteiger partial charge in [-0.2, -0.15) is 0 Å². The summed E-state index contributed by atoms with van der Waals surface area (Å²) in [6.45, 7) is 0.431. The van der Waals surface area contributed by atoms with E-state index < -0.39 is 11.8 Å². The van der Waals surface area contributed by atoms with Crippen molar-refractivity contribution in [3.05, 3.63) is 60.0 Å². The maximum atomic E-state index is 12.7. The van der Waals surface area contributed by atoms with Crippen molar-refractivity contribution in [1.82, 2.24) is 10.3 Å². The number of anilines is 1. The van der Waals surface area contributed by atoms with Crippen LogP contribution in [0.4, 0.5) is 15.0 Å². The summed E-state index contributed by atoms with van der Waals surface area (Å²) in [7, 11) is 0. The first-order chi connectivity index (χ1) is 10.7. The minimum absolute atomic E-state index is 0.0260. The predicted octanol–water partition coefficient (Wildman–Crippen LogP) is 2.51. The number of carbonyl (C=O) groups excluding carboxylic acids is 1. The normalized spacial score (nSPS) is 11.7. The lowest BCUT2D eigenvalue weighted by molar-refractivity contribution is 0.248. The zero-order valence-electron chi connectivity index (χ0n) is 12.0. The van der Waals surface area contributed by atoms with E-state index in [4.69, 9.17) is 5.11 Å². The summed E-state index contributed by atoms with van der Waals surface area (Å²) in [4.78, 5) is 15.6. The number of hydrogen-bond donors (Lipinski definition) is 3. The fraction of sp³-hybridized carbons (Fsp3) is 0.250. The Morgan fingerprint density at radius 3 is 2.64 bits per heavy atom. The average Bonchev–Trinajstić information content (AvgIpc) is 2.54. The van der Waals surface area contributed by atoms with Gasteiger partial charge in [-0.1, -0.05) is 30.3 Å². The average molecular weight is 303 g/mol. The summed E-state index contributed by atoms with van der Waals surface area (Å²) < 4.78 is 12.7. The van der Waals surface area contributed by atoms with Crippen molar-refractivity contribution >= 4 is 11.8 Å². The maximum absolute atomic E-state index is 12.7. The molecule has 6 heteroatoms. The minimum atomic E-state index is -0.460. The molecule has 0 aliphatic rings. The third-order valence-corrected chi connectivity index (χ3v) is 3.23. The number of benzene rings is 1. The molecular weight excluding hydrogens is 285 g/mol. The quantitative estimate of drug-likeness (QED) is 0.767. The molecule has 1 aromatic heterocycles. The molecule has 0 aliphatic heterocycles. The highest BCUT2D eigenvalue weighted by atomic mass is 19.1. The van der Waals surface area contributed by atoms with Gasteiger partial charge >= 0.3 is 6.03 Å². The third-order valence-electron chi connectivity index (χ3n) is 3.23. The number of nitrogens with zero attached hydrogens (tertiary/aromatic N) is 1. The van der Waals surface area contributed by atoms with Crippen molar-refractivity contribution in [3.8, 4) is 0 Å². The molecule has 0 unspecified atom stereocenters. The molecule has 0 bridgehead atoms. The monoisotopic (exact) mass is 303 g/mol. The SMILES string of the molecule is O=C(NC[C@@H](CCO)c1ccccc1)Nc1ccc(F)cn1. The van der Waals surface area contributed by atoms with E-state index in [1.54, 1.807) is 0 Å². The van der Waals surface area contributed by atoms with E-state index in [1.165, 1.54) is 12.1 Å². The van der Waals surface area contributed by atoms with Crippen molar-refractivity contribution in [3.63, 3.8) is 0 Å². The third kappa shape index (κ3) is 4.82. The minimum Gasteiger partial charge on any atom is -0.396 e. The Hall–Kier alpha value is -2.47. The van der Waals surface area contributed by atoms with Gasteiger partial charge in [-0.05, 0) is 24.1 Å². The van der Waals surface area contributed by atoms with E-state index in [9.17, 15) is 9.18 Å². The zero-order chi connectivity index (χ0) is 15.8. The highest BCUT2D eigenvalue weighted by Gasteiger charge is 2.12. The fourth-order valence-corrected chi connectivity index (χ4v) is 2.09. The van der Waals surface area contributed by atoms with E-state index in [-0.39, 0.29) is 18.3 Å². The first-order valence-electron chi connectivity index (χ1n) is 7.01. The number of pyridine rings is 1. The van der Waals surface area contributed by atoms with Crippen LogP contribution in [0.25, 0.3) is 0 Å². The lowest BCUT2D eigenvalue weighted by Crippen LogP contribution is -2.33. The molecule has 22 heavy (non-hydrogen) atoms. The summed E-state index contributed by atoms with van der Waals surface area (Å²) in [5.41, 5.74) is 1.05. The number of halogens is 1. The number of carbonyl (C=O) groups is 1. The van der Waals surface area contributed by atoms with Gasteiger partial charge in [-0.3, -0.25) is 5.32 Å². The second-order valence-electron chi connectivity index (χ2n) is 4.82. The number of aliphatic hydroxyl groups excluding tert-OH is 1. The van der Waals surface area contributed by atoms with Crippen molar-refractivity contribution in [2.45, 2.75) is 12.3 Å². The molecule has 3 N–H and O–H groups in total. The van der Waals surface area contributed by atoms with Gasteiger partial charge in [-0.25, -0.2) is 14.2 Å². The van der Waals surface area contributed by atoms with Crippen LogP contribution in [0.15, 0.2) is 48.7 Å². The van der Waals surface area contributed by atoms with Crippen LogP contribution in [-0.2, 0) is 0 Å². The second kappa shape index (κ2) is 8.09. The summed E-state index contributed by atoms with van der Waals surface area (Å²) in [6.07, 6.45) is 1.59. The standard InChI is InChI=1S/C16H18FN3O2/c17-14-6-7-15(18-11-14)20-16(22)19-10-13(8-9-21)12-4-2-1-3-5-12/h1-7,11,13,21H,8-10H2,(H2,18,19,20,22)/t13-/m1/s1. The van der Waals surface area contributed by atoms with Crippen LogP contribution in [0.2, 0.25) is 0 Å². The van der Waals surface area contributed by atoms with Crippen LogP contribution in [0, 0.1) is 5.82 Å². The molecule has 0 radical (unpaired) electrons. The fourth-order valence-electron chi connectivity index (χ4n) is 2.09. The Morgan fingerprint density at radius 2 is 2.00 bits per heavy atom. The van der Waals surface area contributed by atoms with Gasteiger partial charge in [0, 0.05) is 19.1 Å². The molecule has 2 aromatic rings. The largest absolute Gasteiger partial charge is 0.396 e. The van der Waals surface area contributed by atoms with Crippen LogP contribution in [-0.4, -0.2) is 29.3 Å². The van der Waals surface area contributed by atoms with Gasteiger partial charge in [0.15, 0.2) is 0 Å². The molecule has 1 atom stereocenters. The van der Waals surface area contributed by atoms with Crippen LogP contribution in [0.5, 0.6) is 0 Å². The van der Waals surface area contributed by atoms with Crippen molar-refractivity contribution in [2.75, 3.05) is 18.5 Å². The van der Waals surface area contributed by atoms with Crippen molar-refractivity contribution < 1.29 is 14.3 Å². The lowest BCUT2D eigenvalue weighted by atomic mass is 9.96. The number of hydrogen-bond acceptors (Lipinski definition) is 3. The van der Waals surface area contributed by atoms with Crippen LogP contribution < -0.4 is 10.6 Å². The van der Waals surface area contributed by atoms with E-state index in [1.807, 2.05) is 30.3 Å². The number of nitrogens with one attached hydrogen (secondary N) is 2. The van der Waals surface area contributed by atoms with Crippen LogP contribution >= 0.6 is 0 Å². The Balaban J connectivity index is 1.89. The molecule has 116 valence electrons. The summed E-state index contributed by atoms with van der Waals surface area (Å²) in [5, 5.41) is 14.4. The van der Waals surface area contributed by atoms with E-state index in [0.717, 1.165) is 11.8 Å². The number of rotatable bonds is 6. The van der Waals surface area contributed by atoms with Crippen LogP contribution in [0.3, 0.4) is 0 Å². The van der Waals surface area contributed by atoms with E-state index >= 15 is 0 Å². The smallest absolute Gasteiger partial charge is 0.320 e. The number of amides is 2. The first-order valence-corrected chi connectivity index (χ1v) is 7.01. The zero-order valence-corrected chi connectivity index (χ0v) is 12.0. The van der Waals surface area contributed by atoms with E-state index in [0.29, 0.717) is 13.0 Å². The molecular formula is C16H18FN3O2. The van der Waals surface area contributed by atoms with Gasteiger partial charge in [-0.15, -0.1) is 0 Å². The van der Waals surface area contributed by atoms with Gasteiger partial charge in [0.1, 0.15) is 11.6 Å². The number of aromatic nitrogens is 1. The van der Waals surface area contributed by atoms with Crippen molar-refractivity contribution in [2.24, 2.45) is 0 Å². The molecule has 0 saturated heterocycles. The number of urea groups is 1. The molecule has 0 aliphatic carbocycles. The summed E-state index contributed by atoms with van der Waals surface area (Å²) in [5.74, 6) is -0.159. The van der Waals surface area contributed by atoms with Gasteiger partial charge in [0.2, 0.25) is 0 Å². The maximum Gasteiger partial charge on any atom is 0.320 e. The highest BCUT2D eigenvalue weighted by molar-refractivity contribution is 5.88. The Labute approximate surface area is 128 Å². The van der Waals surface area contributed by atoms with Crippen molar-refractivity contribution in [1.29, 1.82) is 0 Å². The van der Waals surface area contributed by atoms with Gasteiger partial charge < -0.3 is 10.4 Å².